The van der Waals surface area contributed by atoms with Gasteiger partial charge in [0.15, 0.2) is 6.10 Å². The minimum Gasteiger partial charge on any atom is -0.461 e. The summed E-state index contributed by atoms with van der Waals surface area (Å²) in [5.41, 5.74) is 0. The predicted molar refractivity (Wildman–Crippen MR) is 127 cm³/mol. The highest BCUT2D eigenvalue weighted by molar-refractivity contribution is 6.60. The van der Waals surface area contributed by atoms with Crippen LogP contribution in [0.2, 0.25) is 6.04 Å². The molecule has 0 aromatic heterocycles. The van der Waals surface area contributed by atoms with Crippen molar-refractivity contribution in [3.8, 4) is 0 Å². The summed E-state index contributed by atoms with van der Waals surface area (Å²) in [7, 11) is 0.862. The predicted octanol–water partition coefficient (Wildman–Crippen LogP) is 2.82. The molecule has 44 heavy (non-hydrogen) atoms. The van der Waals surface area contributed by atoms with Gasteiger partial charge in [0.2, 0.25) is 0 Å². The van der Waals surface area contributed by atoms with Crippen molar-refractivity contribution in [2.24, 2.45) is 0 Å². The summed E-state index contributed by atoms with van der Waals surface area (Å²) in [4.78, 5) is 46.4. The molecule has 2 N–H and O–H groups in total. The summed E-state index contributed by atoms with van der Waals surface area (Å²) in [6, 6.07) is 0.162. The normalized spacial score (nSPS) is 13.4. The number of halogens is 9. The lowest BCUT2D eigenvalue weighted by atomic mass is 10.0. The summed E-state index contributed by atoms with van der Waals surface area (Å²) >= 11 is 0. The highest BCUT2D eigenvalue weighted by Crippen LogP contribution is 2.53. The molecule has 0 bridgehead atoms. The summed E-state index contributed by atoms with van der Waals surface area (Å²) in [5, 5.41) is 4.14. The standard InChI is InChI=1S/C21H29F9N2O11Si/c1-5-14(33)40-9-8-32-16(35)42-12-13(43-17(36)31-7-6-10-44(37-2,38-3)39-4)11-41-15(34)18(22,23)19(24,25)20(26,27)21(28,29)30/h5,13H,1,6-12H2,2-4H3,(H,31,36)(H,32,35). The number of alkyl carbamates (subject to hydrolysis) is 2. The third-order valence-corrected chi connectivity index (χ3v) is 7.95. The van der Waals surface area contributed by atoms with Crippen LogP contribution in [0.25, 0.3) is 0 Å². The van der Waals surface area contributed by atoms with Gasteiger partial charge in [-0.2, -0.15) is 39.5 Å². The van der Waals surface area contributed by atoms with Crippen LogP contribution in [0.5, 0.6) is 0 Å². The molecule has 1 atom stereocenters. The van der Waals surface area contributed by atoms with Crippen molar-refractivity contribution in [3.63, 3.8) is 0 Å². The van der Waals surface area contributed by atoms with Crippen LogP contribution in [0.4, 0.5) is 49.1 Å². The monoisotopic (exact) mass is 684 g/mol. The van der Waals surface area contributed by atoms with Gasteiger partial charge in [0.25, 0.3) is 0 Å². The average Bonchev–Trinajstić information content (AvgIpc) is 2.95. The maximum atomic E-state index is 13.8. The van der Waals surface area contributed by atoms with Crippen LogP contribution in [0, 0.1) is 0 Å². The molecule has 2 amide bonds. The lowest BCUT2D eigenvalue weighted by molar-refractivity contribution is -0.390. The Kier molecular flexibility index (Phi) is 15.9. The number of amides is 2. The quantitative estimate of drug-likeness (QED) is 0.0515. The molecule has 0 aromatic rings. The Bertz CT molecular complexity index is 975. The van der Waals surface area contributed by atoms with E-state index in [1.165, 1.54) is 21.3 Å². The van der Waals surface area contributed by atoms with E-state index in [2.05, 4.69) is 26.1 Å². The minimum atomic E-state index is -7.37. The van der Waals surface area contributed by atoms with Gasteiger partial charge in [0.1, 0.15) is 19.8 Å². The molecular weight excluding hydrogens is 655 g/mol. The van der Waals surface area contributed by atoms with Crippen molar-refractivity contribution in [1.82, 2.24) is 10.6 Å². The molecule has 0 heterocycles. The molecule has 0 aromatic carbocycles. The van der Waals surface area contributed by atoms with Crippen LogP contribution in [0.15, 0.2) is 12.7 Å². The van der Waals surface area contributed by atoms with Crippen LogP contribution in [-0.4, -0.2) is 117 Å². The van der Waals surface area contributed by atoms with Crippen molar-refractivity contribution in [3.05, 3.63) is 12.7 Å². The van der Waals surface area contributed by atoms with Gasteiger partial charge in [-0.15, -0.1) is 0 Å². The van der Waals surface area contributed by atoms with Crippen LogP contribution in [0.1, 0.15) is 6.42 Å². The van der Waals surface area contributed by atoms with Crippen molar-refractivity contribution >= 4 is 32.9 Å². The van der Waals surface area contributed by atoms with Crippen LogP contribution >= 0.6 is 0 Å². The second-order valence-electron chi connectivity index (χ2n) is 8.07. The Balaban J connectivity index is 5.45. The Morgan fingerprint density at radius 1 is 0.773 bits per heavy atom. The van der Waals surface area contributed by atoms with E-state index in [1.54, 1.807) is 0 Å². The summed E-state index contributed by atoms with van der Waals surface area (Å²) in [6.45, 7) is -0.658. The van der Waals surface area contributed by atoms with Crippen LogP contribution in [-0.2, 0) is 41.8 Å². The fourth-order valence-electron chi connectivity index (χ4n) is 2.71. The zero-order valence-electron chi connectivity index (χ0n) is 23.2. The van der Waals surface area contributed by atoms with E-state index in [-0.39, 0.29) is 32.2 Å². The number of rotatable bonds is 19. The molecule has 0 aliphatic heterocycles. The number of ether oxygens (including phenoxy) is 4. The van der Waals surface area contributed by atoms with E-state index in [9.17, 15) is 58.7 Å². The molecule has 1 unspecified atom stereocenters. The van der Waals surface area contributed by atoms with Gasteiger partial charge in [-0.25, -0.2) is 19.2 Å². The molecule has 0 rings (SSSR count). The fraction of sp³-hybridized carbons (Fsp3) is 0.714. The van der Waals surface area contributed by atoms with Crippen molar-refractivity contribution in [2.45, 2.75) is 42.5 Å². The van der Waals surface area contributed by atoms with Gasteiger partial charge in [0.05, 0.1) is 6.54 Å². The van der Waals surface area contributed by atoms with Gasteiger partial charge < -0.3 is 42.9 Å². The molecule has 0 aliphatic carbocycles. The molecule has 0 aliphatic rings. The van der Waals surface area contributed by atoms with E-state index >= 15 is 0 Å². The van der Waals surface area contributed by atoms with Crippen molar-refractivity contribution in [2.75, 3.05) is 54.2 Å². The summed E-state index contributed by atoms with van der Waals surface area (Å²) in [5.74, 6) is -25.8. The largest absolute Gasteiger partial charge is 0.500 e. The summed E-state index contributed by atoms with van der Waals surface area (Å²) in [6.07, 6.45) is -11.1. The Morgan fingerprint density at radius 2 is 1.30 bits per heavy atom. The summed E-state index contributed by atoms with van der Waals surface area (Å²) < 4.78 is 151. The van der Waals surface area contributed by atoms with Gasteiger partial charge in [-0.05, 0) is 6.42 Å². The number of carbonyl (C=O) groups excluding carboxylic acids is 4. The first-order valence-electron chi connectivity index (χ1n) is 11.8. The Labute approximate surface area is 244 Å². The van der Waals surface area contributed by atoms with Crippen LogP contribution in [0.3, 0.4) is 0 Å². The maximum Gasteiger partial charge on any atom is 0.500 e. The first kappa shape index (κ1) is 40.7. The molecule has 0 fully saturated rings. The van der Waals surface area contributed by atoms with Gasteiger partial charge in [0, 0.05) is 40.0 Å². The van der Waals surface area contributed by atoms with Gasteiger partial charge >= 0.3 is 56.9 Å². The minimum absolute atomic E-state index is 0.139. The second-order valence-corrected chi connectivity index (χ2v) is 11.2. The van der Waals surface area contributed by atoms with Crippen LogP contribution < -0.4 is 10.6 Å². The third kappa shape index (κ3) is 11.3. The van der Waals surface area contributed by atoms with E-state index in [1.807, 2.05) is 5.32 Å². The number of alkyl halides is 9. The Hall–Kier alpha value is -3.31. The molecule has 0 saturated carbocycles. The topological polar surface area (TPSA) is 157 Å². The number of hydrogen-bond acceptors (Lipinski definition) is 11. The van der Waals surface area contributed by atoms with Gasteiger partial charge in [-0.1, -0.05) is 6.58 Å². The van der Waals surface area contributed by atoms with E-state index in [4.69, 9.17) is 18.0 Å². The lowest BCUT2D eigenvalue weighted by Crippen LogP contribution is -2.63. The lowest BCUT2D eigenvalue weighted by Gasteiger charge is -2.32. The van der Waals surface area contributed by atoms with Crippen molar-refractivity contribution < 1.29 is 90.9 Å². The molecule has 13 nitrogen and oxygen atoms in total. The SMILES string of the molecule is C=CC(=O)OCCNC(=O)OCC(COC(=O)C(F)(F)C(F)(F)C(F)(F)C(F)(F)F)OC(=O)NCCC[Si](OC)(OC)OC. The van der Waals surface area contributed by atoms with E-state index in [0.717, 1.165) is 6.08 Å². The highest BCUT2D eigenvalue weighted by atomic mass is 28.4. The molecule has 256 valence electrons. The van der Waals surface area contributed by atoms with E-state index in [0.29, 0.717) is 0 Å². The van der Waals surface area contributed by atoms with Crippen molar-refractivity contribution in [1.29, 1.82) is 0 Å². The highest BCUT2D eigenvalue weighted by Gasteiger charge is 2.84. The second kappa shape index (κ2) is 17.2. The number of hydrogen-bond donors (Lipinski definition) is 2. The smallest absolute Gasteiger partial charge is 0.461 e. The zero-order valence-corrected chi connectivity index (χ0v) is 24.2. The maximum absolute atomic E-state index is 13.8. The average molecular weight is 685 g/mol. The molecule has 23 heteroatoms. The number of nitrogens with one attached hydrogen (secondary N) is 2. The van der Waals surface area contributed by atoms with Gasteiger partial charge in [-0.3, -0.25) is 0 Å². The fourth-order valence-corrected chi connectivity index (χ4v) is 4.43. The van der Waals surface area contributed by atoms with E-state index < -0.39 is 76.2 Å². The first-order chi connectivity index (χ1) is 20.2. The molecule has 0 spiro atoms. The first-order valence-corrected chi connectivity index (χ1v) is 13.8. The third-order valence-electron chi connectivity index (χ3n) is 5.12. The number of esters is 2. The molecular formula is C21H29F9N2O11Si. The zero-order chi connectivity index (χ0) is 34.4. The Morgan fingerprint density at radius 3 is 1.80 bits per heavy atom. The number of carbonyl (C=O) groups is 4. The molecule has 0 radical (unpaired) electrons. The molecule has 0 saturated heterocycles.